The van der Waals surface area contributed by atoms with Crippen LogP contribution in [0, 0.1) is 5.92 Å². The molecule has 3 unspecified atom stereocenters. The van der Waals surface area contributed by atoms with E-state index in [1.54, 1.807) is 0 Å². The fourth-order valence-corrected chi connectivity index (χ4v) is 4.65. The van der Waals surface area contributed by atoms with E-state index in [0.717, 1.165) is 17.2 Å². The minimum Gasteiger partial charge on any atom is -0.307 e. The molecule has 0 amide bonds. The molecular formula is C13H25NS. The van der Waals surface area contributed by atoms with E-state index in [2.05, 4.69) is 37.8 Å². The Morgan fingerprint density at radius 2 is 2.13 bits per heavy atom. The Labute approximate surface area is 98.8 Å². The van der Waals surface area contributed by atoms with E-state index >= 15 is 0 Å². The molecule has 3 atom stereocenters. The first-order valence-corrected chi connectivity index (χ1v) is 7.55. The standard InChI is InChI=1S/C13H25NS/c1-4-5-10-6-7-11-12(8-10)15-9-13(2,3)14-11/h10-12,14H,4-9H2,1-3H3. The van der Waals surface area contributed by atoms with Crippen LogP contribution in [0.3, 0.4) is 0 Å². The largest absolute Gasteiger partial charge is 0.307 e. The zero-order chi connectivity index (χ0) is 10.9. The SMILES string of the molecule is CCCC1CCC2NC(C)(C)CSC2C1. The maximum atomic E-state index is 3.84. The summed E-state index contributed by atoms with van der Waals surface area (Å²) >= 11 is 2.22. The van der Waals surface area contributed by atoms with Gasteiger partial charge in [0.15, 0.2) is 0 Å². The molecule has 0 aromatic heterocycles. The number of fused-ring (bicyclic) bond motifs is 1. The Morgan fingerprint density at radius 3 is 2.87 bits per heavy atom. The van der Waals surface area contributed by atoms with Crippen LogP contribution in [0.1, 0.15) is 52.9 Å². The van der Waals surface area contributed by atoms with E-state index in [9.17, 15) is 0 Å². The van der Waals surface area contributed by atoms with Crippen LogP contribution in [0.25, 0.3) is 0 Å². The highest BCUT2D eigenvalue weighted by molar-refractivity contribution is 8.00. The van der Waals surface area contributed by atoms with Gasteiger partial charge in [0.1, 0.15) is 0 Å². The van der Waals surface area contributed by atoms with Gasteiger partial charge < -0.3 is 5.32 Å². The number of hydrogen-bond acceptors (Lipinski definition) is 2. The Hall–Kier alpha value is 0.310. The van der Waals surface area contributed by atoms with Crippen molar-refractivity contribution < 1.29 is 0 Å². The predicted octanol–water partition coefficient (Wildman–Crippen LogP) is 3.44. The van der Waals surface area contributed by atoms with E-state index in [1.165, 1.54) is 37.9 Å². The zero-order valence-corrected chi connectivity index (χ0v) is 11.2. The van der Waals surface area contributed by atoms with Gasteiger partial charge in [-0.3, -0.25) is 0 Å². The molecule has 1 N–H and O–H groups in total. The molecule has 0 aromatic carbocycles. The monoisotopic (exact) mass is 227 g/mol. The Bertz CT molecular complexity index is 215. The molecule has 1 aliphatic heterocycles. The lowest BCUT2D eigenvalue weighted by Crippen LogP contribution is -2.57. The molecule has 1 aliphatic carbocycles. The van der Waals surface area contributed by atoms with E-state index in [0.29, 0.717) is 5.54 Å². The van der Waals surface area contributed by atoms with Crippen LogP contribution in [-0.4, -0.2) is 22.6 Å². The molecular weight excluding hydrogens is 202 g/mol. The van der Waals surface area contributed by atoms with Crippen molar-refractivity contribution in [1.29, 1.82) is 0 Å². The lowest BCUT2D eigenvalue weighted by atomic mass is 9.82. The summed E-state index contributed by atoms with van der Waals surface area (Å²) in [5.41, 5.74) is 0.365. The highest BCUT2D eigenvalue weighted by atomic mass is 32.2. The lowest BCUT2D eigenvalue weighted by Gasteiger charge is -2.46. The third-order valence-electron chi connectivity index (χ3n) is 3.83. The summed E-state index contributed by atoms with van der Waals surface area (Å²) in [7, 11) is 0. The average Bonchev–Trinajstić information content (AvgIpc) is 2.18. The third kappa shape index (κ3) is 2.91. The smallest absolute Gasteiger partial charge is 0.0218 e. The predicted molar refractivity (Wildman–Crippen MR) is 69.5 cm³/mol. The number of thioether (sulfide) groups is 1. The van der Waals surface area contributed by atoms with Gasteiger partial charge in [0.05, 0.1) is 0 Å². The van der Waals surface area contributed by atoms with Crippen molar-refractivity contribution in [1.82, 2.24) is 5.32 Å². The van der Waals surface area contributed by atoms with Gasteiger partial charge in [-0.2, -0.15) is 11.8 Å². The second-order valence-electron chi connectivity index (χ2n) is 5.95. The summed E-state index contributed by atoms with van der Waals surface area (Å²) in [5, 5.41) is 4.74. The van der Waals surface area contributed by atoms with Crippen LogP contribution in [0.2, 0.25) is 0 Å². The first-order chi connectivity index (χ1) is 7.11. The van der Waals surface area contributed by atoms with Crippen molar-refractivity contribution in [2.24, 2.45) is 5.92 Å². The fraction of sp³-hybridized carbons (Fsp3) is 1.00. The number of hydrogen-bond donors (Lipinski definition) is 1. The maximum Gasteiger partial charge on any atom is 0.0218 e. The maximum absolute atomic E-state index is 3.84. The molecule has 2 aliphatic rings. The molecule has 1 nitrogen and oxygen atoms in total. The quantitative estimate of drug-likeness (QED) is 0.775. The van der Waals surface area contributed by atoms with E-state index in [1.807, 2.05) is 0 Å². The lowest BCUT2D eigenvalue weighted by molar-refractivity contribution is 0.240. The second kappa shape index (κ2) is 4.67. The molecule has 0 spiro atoms. The van der Waals surface area contributed by atoms with Gasteiger partial charge in [-0.05, 0) is 39.0 Å². The van der Waals surface area contributed by atoms with Gasteiger partial charge in [0, 0.05) is 22.6 Å². The summed E-state index contributed by atoms with van der Waals surface area (Å²) in [6.07, 6.45) is 7.15. The first-order valence-electron chi connectivity index (χ1n) is 6.50. The molecule has 0 bridgehead atoms. The van der Waals surface area contributed by atoms with E-state index in [-0.39, 0.29) is 0 Å². The van der Waals surface area contributed by atoms with Crippen molar-refractivity contribution in [3.05, 3.63) is 0 Å². The number of rotatable bonds is 2. The molecule has 1 saturated carbocycles. The molecule has 88 valence electrons. The summed E-state index contributed by atoms with van der Waals surface area (Å²) in [5.74, 6) is 2.30. The molecule has 0 radical (unpaired) electrons. The molecule has 15 heavy (non-hydrogen) atoms. The minimum atomic E-state index is 0.365. The van der Waals surface area contributed by atoms with E-state index < -0.39 is 0 Å². The highest BCUT2D eigenvalue weighted by Gasteiger charge is 2.38. The zero-order valence-electron chi connectivity index (χ0n) is 10.4. The Morgan fingerprint density at radius 1 is 1.33 bits per heavy atom. The van der Waals surface area contributed by atoms with Crippen LogP contribution in [-0.2, 0) is 0 Å². The van der Waals surface area contributed by atoms with Crippen molar-refractivity contribution in [2.45, 2.75) is 69.7 Å². The fourth-order valence-electron chi connectivity index (χ4n) is 3.09. The number of nitrogens with one attached hydrogen (secondary N) is 1. The normalized spacial score (nSPS) is 39.8. The topological polar surface area (TPSA) is 12.0 Å². The minimum absolute atomic E-state index is 0.365. The van der Waals surface area contributed by atoms with Crippen molar-refractivity contribution in [3.63, 3.8) is 0 Å². The van der Waals surface area contributed by atoms with Crippen molar-refractivity contribution in [3.8, 4) is 0 Å². The van der Waals surface area contributed by atoms with Gasteiger partial charge in [-0.25, -0.2) is 0 Å². The molecule has 0 aromatic rings. The summed E-state index contributed by atoms with van der Waals surface area (Å²) in [6, 6.07) is 0.798. The van der Waals surface area contributed by atoms with Crippen LogP contribution >= 0.6 is 11.8 Å². The van der Waals surface area contributed by atoms with Crippen LogP contribution in [0.4, 0.5) is 0 Å². The van der Waals surface area contributed by atoms with Gasteiger partial charge in [-0.15, -0.1) is 0 Å². The van der Waals surface area contributed by atoms with Crippen molar-refractivity contribution in [2.75, 3.05) is 5.75 Å². The molecule has 1 saturated heterocycles. The van der Waals surface area contributed by atoms with Gasteiger partial charge >= 0.3 is 0 Å². The summed E-state index contributed by atoms with van der Waals surface area (Å²) < 4.78 is 0. The van der Waals surface area contributed by atoms with Gasteiger partial charge in [0.2, 0.25) is 0 Å². The molecule has 1 heterocycles. The van der Waals surface area contributed by atoms with Crippen LogP contribution < -0.4 is 5.32 Å². The van der Waals surface area contributed by atoms with Gasteiger partial charge in [0.25, 0.3) is 0 Å². The van der Waals surface area contributed by atoms with E-state index in [4.69, 9.17) is 0 Å². The summed E-state index contributed by atoms with van der Waals surface area (Å²) in [4.78, 5) is 0. The van der Waals surface area contributed by atoms with Gasteiger partial charge in [-0.1, -0.05) is 19.8 Å². The second-order valence-corrected chi connectivity index (χ2v) is 7.18. The third-order valence-corrected chi connectivity index (χ3v) is 5.67. The van der Waals surface area contributed by atoms with Crippen molar-refractivity contribution >= 4 is 11.8 Å². The molecule has 2 heteroatoms. The van der Waals surface area contributed by atoms with Crippen LogP contribution in [0.15, 0.2) is 0 Å². The molecule has 2 rings (SSSR count). The summed E-state index contributed by atoms with van der Waals surface area (Å²) in [6.45, 7) is 7.00. The van der Waals surface area contributed by atoms with Crippen LogP contribution in [0.5, 0.6) is 0 Å². The molecule has 2 fully saturated rings. The first kappa shape index (κ1) is 11.8. The Kier molecular flexibility index (Phi) is 3.67. The highest BCUT2D eigenvalue weighted by Crippen LogP contribution is 2.39. The average molecular weight is 227 g/mol. The Balaban J connectivity index is 1.89.